The average Bonchev–Trinajstić information content (AvgIpc) is 2.88. The number of urea groups is 1. The summed E-state index contributed by atoms with van der Waals surface area (Å²) in [5.41, 5.74) is 5.80. The summed E-state index contributed by atoms with van der Waals surface area (Å²) >= 11 is 0. The molecule has 8 heteroatoms. The lowest BCUT2D eigenvalue weighted by atomic mass is 9.52. The number of amides is 4. The number of carbonyl (C=O) groups is 3. The zero-order valence-corrected chi connectivity index (χ0v) is 15.7. The maximum atomic E-state index is 12.7. The Bertz CT molecular complexity index is 818. The molecule has 2 saturated heterocycles. The Labute approximate surface area is 163 Å². The van der Waals surface area contributed by atoms with Crippen molar-refractivity contribution in [3.8, 4) is 5.88 Å². The first-order valence-corrected chi connectivity index (χ1v) is 10.0. The summed E-state index contributed by atoms with van der Waals surface area (Å²) in [6, 6.07) is 2.96. The number of nitrogens with zero attached hydrogens (tertiary/aromatic N) is 3. The summed E-state index contributed by atoms with van der Waals surface area (Å²) in [7, 11) is 0. The number of carbonyl (C=O) groups excluding carboxylic acids is 3. The zero-order valence-electron chi connectivity index (χ0n) is 15.7. The maximum Gasteiger partial charge on any atom is 0.327 e. The topological polar surface area (TPSA) is 106 Å². The molecule has 1 aromatic rings. The first-order chi connectivity index (χ1) is 13.5. The van der Waals surface area contributed by atoms with Gasteiger partial charge in [0.1, 0.15) is 17.7 Å². The highest BCUT2D eigenvalue weighted by atomic mass is 16.5. The third-order valence-corrected chi connectivity index (χ3v) is 6.82. The maximum absolute atomic E-state index is 12.7. The highest BCUT2D eigenvalue weighted by molar-refractivity contribution is 6.04. The van der Waals surface area contributed by atoms with Gasteiger partial charge in [-0.05, 0) is 62.5 Å². The van der Waals surface area contributed by atoms with Gasteiger partial charge in [0, 0.05) is 18.8 Å². The van der Waals surface area contributed by atoms with Crippen LogP contribution in [0.3, 0.4) is 0 Å². The Morgan fingerprint density at radius 2 is 2.00 bits per heavy atom. The number of nitrogens with two attached hydrogens (primary N) is 1. The molecule has 1 spiro atoms. The summed E-state index contributed by atoms with van der Waals surface area (Å²) in [6.45, 7) is 0.700. The van der Waals surface area contributed by atoms with Crippen molar-refractivity contribution in [2.75, 3.05) is 6.54 Å². The highest BCUT2D eigenvalue weighted by Gasteiger charge is 2.59. The molecule has 4 fully saturated rings. The van der Waals surface area contributed by atoms with Crippen LogP contribution in [0.15, 0.2) is 18.3 Å². The number of hydrogen-bond acceptors (Lipinski definition) is 5. The number of rotatable bonds is 4. The lowest BCUT2D eigenvalue weighted by Crippen LogP contribution is -2.60. The van der Waals surface area contributed by atoms with E-state index in [-0.39, 0.29) is 41.4 Å². The molecule has 2 aliphatic carbocycles. The lowest BCUT2D eigenvalue weighted by molar-refractivity contribution is -0.141. The van der Waals surface area contributed by atoms with E-state index in [4.69, 9.17) is 10.5 Å². The Balaban J connectivity index is 1.18. The number of hydrogen-bond donors (Lipinski definition) is 1. The molecular formula is C20H24N4O4. The molecule has 1 atom stereocenters. The van der Waals surface area contributed by atoms with Crippen LogP contribution in [0.2, 0.25) is 0 Å². The molecule has 8 nitrogen and oxygen atoms in total. The molecular weight excluding hydrogens is 360 g/mol. The predicted octanol–water partition coefficient (Wildman–Crippen LogP) is 1.69. The van der Waals surface area contributed by atoms with Crippen LogP contribution in [-0.2, 0) is 4.79 Å². The molecule has 2 saturated carbocycles. The van der Waals surface area contributed by atoms with Crippen LogP contribution in [-0.4, -0.2) is 57.4 Å². The van der Waals surface area contributed by atoms with E-state index in [1.165, 1.54) is 4.90 Å². The van der Waals surface area contributed by atoms with Crippen LogP contribution >= 0.6 is 0 Å². The molecule has 2 N–H and O–H groups in total. The first-order valence-electron chi connectivity index (χ1n) is 10.0. The predicted molar refractivity (Wildman–Crippen MR) is 98.4 cm³/mol. The van der Waals surface area contributed by atoms with Crippen LogP contribution in [0.1, 0.15) is 55.3 Å². The average molecular weight is 384 g/mol. The van der Waals surface area contributed by atoms with E-state index in [1.54, 1.807) is 23.2 Å². The van der Waals surface area contributed by atoms with E-state index in [9.17, 15) is 14.4 Å². The van der Waals surface area contributed by atoms with Gasteiger partial charge in [-0.25, -0.2) is 9.78 Å². The second kappa shape index (κ2) is 6.18. The molecule has 2 aliphatic heterocycles. The molecule has 5 rings (SSSR count). The fraction of sp³-hybridized carbons (Fsp3) is 0.600. The molecule has 3 heterocycles. The Kier molecular flexibility index (Phi) is 3.86. The van der Waals surface area contributed by atoms with Crippen molar-refractivity contribution in [3.05, 3.63) is 23.9 Å². The van der Waals surface area contributed by atoms with Crippen LogP contribution in [0.25, 0.3) is 0 Å². The van der Waals surface area contributed by atoms with Crippen molar-refractivity contribution < 1.29 is 19.1 Å². The summed E-state index contributed by atoms with van der Waals surface area (Å²) in [5, 5.41) is 0. The fourth-order valence-electron chi connectivity index (χ4n) is 5.42. The first kappa shape index (κ1) is 17.5. The number of pyridine rings is 1. The van der Waals surface area contributed by atoms with E-state index in [0.29, 0.717) is 12.1 Å². The molecule has 0 bridgehead atoms. The normalized spacial score (nSPS) is 34.1. The van der Waals surface area contributed by atoms with Crippen molar-refractivity contribution in [2.24, 2.45) is 11.1 Å². The molecule has 4 aliphatic rings. The quantitative estimate of drug-likeness (QED) is 0.795. The van der Waals surface area contributed by atoms with Crippen molar-refractivity contribution in [2.45, 2.75) is 63.1 Å². The minimum Gasteiger partial charge on any atom is -0.474 e. The van der Waals surface area contributed by atoms with Gasteiger partial charge in [-0.15, -0.1) is 0 Å². The van der Waals surface area contributed by atoms with E-state index in [1.807, 2.05) is 0 Å². The van der Waals surface area contributed by atoms with Crippen molar-refractivity contribution in [1.82, 2.24) is 14.8 Å². The van der Waals surface area contributed by atoms with Crippen LogP contribution in [0.4, 0.5) is 4.79 Å². The van der Waals surface area contributed by atoms with Gasteiger partial charge in [0.2, 0.25) is 5.88 Å². The number of piperidine rings is 1. The van der Waals surface area contributed by atoms with E-state index >= 15 is 0 Å². The minimum atomic E-state index is -0.552. The molecule has 1 unspecified atom stereocenters. The summed E-state index contributed by atoms with van der Waals surface area (Å²) in [4.78, 5) is 44.3. The Morgan fingerprint density at radius 3 is 2.71 bits per heavy atom. The van der Waals surface area contributed by atoms with Crippen molar-refractivity contribution >= 4 is 17.8 Å². The van der Waals surface area contributed by atoms with Gasteiger partial charge in [-0.3, -0.25) is 14.5 Å². The third kappa shape index (κ3) is 2.57. The minimum absolute atomic E-state index is 0.00346. The smallest absolute Gasteiger partial charge is 0.327 e. The van der Waals surface area contributed by atoms with Gasteiger partial charge in [0.25, 0.3) is 11.8 Å². The molecule has 148 valence electrons. The van der Waals surface area contributed by atoms with Gasteiger partial charge >= 0.3 is 6.03 Å². The fourth-order valence-corrected chi connectivity index (χ4v) is 5.42. The summed E-state index contributed by atoms with van der Waals surface area (Å²) in [5.74, 6) is -0.271. The van der Waals surface area contributed by atoms with E-state index in [2.05, 4.69) is 4.98 Å². The third-order valence-electron chi connectivity index (χ3n) is 6.82. The van der Waals surface area contributed by atoms with Crippen LogP contribution in [0.5, 0.6) is 5.88 Å². The van der Waals surface area contributed by atoms with E-state index in [0.717, 1.165) is 44.9 Å². The monoisotopic (exact) mass is 384 g/mol. The zero-order chi connectivity index (χ0) is 19.5. The second-order valence-electron chi connectivity index (χ2n) is 8.63. The SMILES string of the molecule is NC(=O)c1cccnc1OC1CC2(C1)CC(N1C(=O)C3CCCCN3C1=O)C2. The number of primary amides is 1. The summed E-state index contributed by atoms with van der Waals surface area (Å²) in [6.07, 6.45) is 7.75. The number of ether oxygens (including phenoxy) is 1. The van der Waals surface area contributed by atoms with Gasteiger partial charge in [0.05, 0.1) is 0 Å². The Morgan fingerprint density at radius 1 is 1.21 bits per heavy atom. The largest absolute Gasteiger partial charge is 0.474 e. The van der Waals surface area contributed by atoms with Crippen LogP contribution < -0.4 is 10.5 Å². The van der Waals surface area contributed by atoms with Crippen molar-refractivity contribution in [3.63, 3.8) is 0 Å². The molecule has 1 aromatic heterocycles. The van der Waals surface area contributed by atoms with Gasteiger partial charge < -0.3 is 15.4 Å². The van der Waals surface area contributed by atoms with Gasteiger partial charge in [-0.1, -0.05) is 0 Å². The van der Waals surface area contributed by atoms with E-state index < -0.39 is 5.91 Å². The number of aromatic nitrogens is 1. The molecule has 0 aromatic carbocycles. The number of imide groups is 1. The number of fused-ring (bicyclic) bond motifs is 1. The van der Waals surface area contributed by atoms with Gasteiger partial charge in [0.15, 0.2) is 0 Å². The van der Waals surface area contributed by atoms with Gasteiger partial charge in [-0.2, -0.15) is 0 Å². The Hall–Kier alpha value is -2.64. The molecule has 4 amide bonds. The highest BCUT2D eigenvalue weighted by Crippen LogP contribution is 2.58. The van der Waals surface area contributed by atoms with Crippen molar-refractivity contribution in [1.29, 1.82) is 0 Å². The standard InChI is InChI=1S/C20H24N4O4/c21-16(25)14-4-3-6-22-17(14)28-13-10-20(11-13)8-12(9-20)24-18(26)15-5-1-2-7-23(15)19(24)27/h3-4,6,12-13,15H,1-2,5,7-11H2,(H2,21,25). The molecule has 0 radical (unpaired) electrons. The molecule has 28 heavy (non-hydrogen) atoms. The lowest BCUT2D eigenvalue weighted by Gasteiger charge is -2.58. The van der Waals surface area contributed by atoms with Crippen LogP contribution in [0, 0.1) is 5.41 Å². The second-order valence-corrected chi connectivity index (χ2v) is 8.63. The summed E-state index contributed by atoms with van der Waals surface area (Å²) < 4.78 is 5.89.